The highest BCUT2D eigenvalue weighted by Crippen LogP contribution is 2.36. The van der Waals surface area contributed by atoms with E-state index < -0.39 is 0 Å². The minimum absolute atomic E-state index is 0.0677. The first-order valence-electron chi connectivity index (χ1n) is 11.2. The van der Waals surface area contributed by atoms with Crippen LogP contribution in [0.2, 0.25) is 0 Å². The van der Waals surface area contributed by atoms with Gasteiger partial charge in [0.25, 0.3) is 5.56 Å². The summed E-state index contributed by atoms with van der Waals surface area (Å²) in [6, 6.07) is 14.5. The number of thioether (sulfide) groups is 1. The smallest absolute Gasteiger partial charge is 0.267 e. The summed E-state index contributed by atoms with van der Waals surface area (Å²) in [5.41, 5.74) is 5.53. The van der Waals surface area contributed by atoms with E-state index >= 15 is 0 Å². The van der Waals surface area contributed by atoms with E-state index in [1.807, 2.05) is 22.8 Å². The number of thiazole rings is 1. The predicted octanol–water partition coefficient (Wildman–Crippen LogP) is 6.84. The zero-order chi connectivity index (χ0) is 22.5. The Morgan fingerprint density at radius 1 is 1.03 bits per heavy atom. The Balaban J connectivity index is 1.50. The molecular weight excluding hydrogens is 467 g/mol. The number of aryl methyl sites for hydroxylation is 4. The molecule has 3 heterocycles. The van der Waals surface area contributed by atoms with E-state index in [0.29, 0.717) is 5.75 Å². The number of hydrogen-bond donors (Lipinski definition) is 0. The number of hydrogen-bond acceptors (Lipinski definition) is 6. The van der Waals surface area contributed by atoms with Gasteiger partial charge >= 0.3 is 0 Å². The third-order valence-corrected chi connectivity index (χ3v) is 9.57. The van der Waals surface area contributed by atoms with Crippen LogP contribution >= 0.6 is 34.4 Å². The topological polar surface area (TPSA) is 47.8 Å². The lowest BCUT2D eigenvalue weighted by molar-refractivity contribution is 0.699. The Kier molecular flexibility index (Phi) is 5.35. The summed E-state index contributed by atoms with van der Waals surface area (Å²) < 4.78 is 3.03. The molecule has 0 atom stereocenters. The third-order valence-electron chi connectivity index (χ3n) is 6.21. The molecule has 0 radical (unpaired) electrons. The predicted molar refractivity (Wildman–Crippen MR) is 141 cm³/mol. The molecule has 4 nitrogen and oxygen atoms in total. The average Bonchev–Trinajstić information content (AvgIpc) is 3.39. The number of para-hydroxylation sites is 1. The Hall–Kier alpha value is -2.48. The molecule has 166 valence electrons. The van der Waals surface area contributed by atoms with Crippen molar-refractivity contribution in [3.63, 3.8) is 0 Å². The van der Waals surface area contributed by atoms with Crippen molar-refractivity contribution in [2.24, 2.45) is 0 Å². The van der Waals surface area contributed by atoms with Crippen molar-refractivity contribution in [1.29, 1.82) is 0 Å². The summed E-state index contributed by atoms with van der Waals surface area (Å²) in [7, 11) is 0. The Morgan fingerprint density at radius 2 is 1.88 bits per heavy atom. The molecule has 5 aromatic rings. The maximum atomic E-state index is 14.0. The maximum absolute atomic E-state index is 14.0. The second kappa shape index (κ2) is 8.38. The minimum Gasteiger partial charge on any atom is -0.268 e. The highest BCUT2D eigenvalue weighted by atomic mass is 32.2. The molecule has 33 heavy (non-hydrogen) atoms. The van der Waals surface area contributed by atoms with Gasteiger partial charge in [0, 0.05) is 4.88 Å². The molecule has 6 rings (SSSR count). The molecule has 2 aromatic carbocycles. The van der Waals surface area contributed by atoms with Gasteiger partial charge in [0.05, 0.1) is 27.0 Å². The summed E-state index contributed by atoms with van der Waals surface area (Å²) in [5, 5.41) is 2.63. The zero-order valence-corrected chi connectivity index (χ0v) is 21.0. The molecule has 0 fully saturated rings. The SMILES string of the molecule is Cc1ccc(-n2c(SCc3nc4ccccc4s3)nc3sc4c(c3c2=O)CCCC4)c(C)c1. The summed E-state index contributed by atoms with van der Waals surface area (Å²) >= 11 is 5.03. The number of thiophene rings is 1. The molecule has 0 saturated heterocycles. The molecule has 0 aliphatic heterocycles. The second-order valence-corrected chi connectivity index (χ2v) is 11.7. The first-order valence-corrected chi connectivity index (χ1v) is 13.8. The standard InChI is InChI=1S/C26H23N3OS3/c1-15-11-12-19(16(2)13-15)29-25(30)23-17-7-3-5-9-20(17)33-24(23)28-26(29)31-14-22-27-18-8-4-6-10-21(18)32-22/h4,6,8,10-13H,3,5,7,9,14H2,1-2H3. The summed E-state index contributed by atoms with van der Waals surface area (Å²) in [6.07, 6.45) is 4.39. The van der Waals surface area contributed by atoms with Crippen LogP contribution in [-0.4, -0.2) is 14.5 Å². The van der Waals surface area contributed by atoms with Gasteiger partial charge in [0.2, 0.25) is 0 Å². The Morgan fingerprint density at radius 3 is 2.73 bits per heavy atom. The quantitative estimate of drug-likeness (QED) is 0.205. The fraction of sp³-hybridized carbons (Fsp3) is 0.269. The van der Waals surface area contributed by atoms with E-state index in [1.54, 1.807) is 34.4 Å². The molecule has 0 amide bonds. The van der Waals surface area contributed by atoms with Gasteiger partial charge in [-0.1, -0.05) is 41.6 Å². The van der Waals surface area contributed by atoms with Gasteiger partial charge in [-0.3, -0.25) is 9.36 Å². The molecule has 0 N–H and O–H groups in total. The highest BCUT2D eigenvalue weighted by molar-refractivity contribution is 7.98. The monoisotopic (exact) mass is 489 g/mol. The van der Waals surface area contributed by atoms with Crippen molar-refractivity contribution in [1.82, 2.24) is 14.5 Å². The van der Waals surface area contributed by atoms with Crippen LogP contribution in [0.3, 0.4) is 0 Å². The van der Waals surface area contributed by atoms with Crippen LogP contribution in [0, 0.1) is 13.8 Å². The van der Waals surface area contributed by atoms with Crippen LogP contribution in [-0.2, 0) is 18.6 Å². The number of benzene rings is 2. The first-order chi connectivity index (χ1) is 16.1. The first kappa shape index (κ1) is 21.1. The molecule has 0 spiro atoms. The normalized spacial score (nSPS) is 13.6. The van der Waals surface area contributed by atoms with Crippen molar-refractivity contribution in [3.05, 3.63) is 79.4 Å². The molecule has 1 aliphatic carbocycles. The lowest BCUT2D eigenvalue weighted by Crippen LogP contribution is -2.23. The lowest BCUT2D eigenvalue weighted by atomic mass is 9.97. The molecule has 0 unspecified atom stereocenters. The Labute approximate surface area is 204 Å². The zero-order valence-electron chi connectivity index (χ0n) is 18.6. The van der Waals surface area contributed by atoms with Crippen molar-refractivity contribution in [2.45, 2.75) is 50.4 Å². The third kappa shape index (κ3) is 3.72. The van der Waals surface area contributed by atoms with Crippen LogP contribution < -0.4 is 5.56 Å². The van der Waals surface area contributed by atoms with Crippen molar-refractivity contribution < 1.29 is 0 Å². The van der Waals surface area contributed by atoms with Gasteiger partial charge in [-0.25, -0.2) is 9.97 Å². The van der Waals surface area contributed by atoms with E-state index in [2.05, 4.69) is 38.1 Å². The molecule has 7 heteroatoms. The molecule has 1 aliphatic rings. The maximum Gasteiger partial charge on any atom is 0.267 e. The van der Waals surface area contributed by atoms with Crippen molar-refractivity contribution in [2.75, 3.05) is 0 Å². The van der Waals surface area contributed by atoms with Crippen LogP contribution in [0.5, 0.6) is 0 Å². The van der Waals surface area contributed by atoms with Gasteiger partial charge < -0.3 is 0 Å². The van der Waals surface area contributed by atoms with E-state index in [4.69, 9.17) is 9.97 Å². The van der Waals surface area contributed by atoms with E-state index in [1.165, 1.54) is 27.1 Å². The number of aromatic nitrogens is 3. The van der Waals surface area contributed by atoms with E-state index in [9.17, 15) is 4.79 Å². The number of nitrogens with zero attached hydrogens (tertiary/aromatic N) is 3. The van der Waals surface area contributed by atoms with Crippen LogP contribution in [0.4, 0.5) is 0 Å². The van der Waals surface area contributed by atoms with Gasteiger partial charge in [0.1, 0.15) is 9.84 Å². The average molecular weight is 490 g/mol. The lowest BCUT2D eigenvalue weighted by Gasteiger charge is -2.15. The number of fused-ring (bicyclic) bond motifs is 4. The van der Waals surface area contributed by atoms with Crippen LogP contribution in [0.1, 0.15) is 39.4 Å². The fourth-order valence-electron chi connectivity index (χ4n) is 4.66. The van der Waals surface area contributed by atoms with E-state index in [0.717, 1.165) is 56.4 Å². The van der Waals surface area contributed by atoms with Crippen molar-refractivity contribution in [3.8, 4) is 5.69 Å². The van der Waals surface area contributed by atoms with Crippen molar-refractivity contribution >= 4 is 54.9 Å². The minimum atomic E-state index is 0.0677. The summed E-state index contributed by atoms with van der Waals surface area (Å²) in [5.74, 6) is 0.688. The second-order valence-electron chi connectivity index (χ2n) is 8.58. The molecular formula is C26H23N3OS3. The van der Waals surface area contributed by atoms with Gasteiger partial charge in [-0.2, -0.15) is 0 Å². The largest absolute Gasteiger partial charge is 0.268 e. The summed E-state index contributed by atoms with van der Waals surface area (Å²) in [4.78, 5) is 26.1. The van der Waals surface area contributed by atoms with Gasteiger partial charge in [-0.15, -0.1) is 22.7 Å². The van der Waals surface area contributed by atoms with Gasteiger partial charge in [0.15, 0.2) is 5.16 Å². The molecule has 3 aromatic heterocycles. The molecule has 0 bridgehead atoms. The Bertz CT molecular complexity index is 1540. The van der Waals surface area contributed by atoms with E-state index in [-0.39, 0.29) is 5.56 Å². The summed E-state index contributed by atoms with van der Waals surface area (Å²) in [6.45, 7) is 4.16. The van der Waals surface area contributed by atoms with Gasteiger partial charge in [-0.05, 0) is 68.9 Å². The van der Waals surface area contributed by atoms with Crippen LogP contribution in [0.15, 0.2) is 52.4 Å². The number of rotatable bonds is 4. The highest BCUT2D eigenvalue weighted by Gasteiger charge is 2.23. The molecule has 0 saturated carbocycles. The fourth-order valence-corrected chi connectivity index (χ4v) is 7.93. The van der Waals surface area contributed by atoms with Crippen LogP contribution in [0.25, 0.3) is 26.1 Å².